The van der Waals surface area contributed by atoms with E-state index >= 15 is 0 Å². The lowest BCUT2D eigenvalue weighted by atomic mass is 10.1. The highest BCUT2D eigenvalue weighted by atomic mass is 32.2. The number of aromatic nitrogens is 4. The lowest BCUT2D eigenvalue weighted by Gasteiger charge is -2.25. The molecule has 2 aromatic heterocycles. The van der Waals surface area contributed by atoms with Gasteiger partial charge in [-0.15, -0.1) is 16.4 Å². The Balaban J connectivity index is 1.29. The maximum Gasteiger partial charge on any atom is 0.336 e. The van der Waals surface area contributed by atoms with Crippen molar-refractivity contribution >= 4 is 45.0 Å². The van der Waals surface area contributed by atoms with Crippen LogP contribution in [0.5, 0.6) is 0 Å². The largest absolute Gasteiger partial charge is 0.479 e. The van der Waals surface area contributed by atoms with Gasteiger partial charge in [0, 0.05) is 31.9 Å². The minimum atomic E-state index is -3.58. The molecular formula is C24H27N7O7S2. The topological polar surface area (TPSA) is 180 Å². The number of hydrogen-bond donors (Lipinski definition) is 2. The van der Waals surface area contributed by atoms with Crippen LogP contribution in [0.4, 0.5) is 5.82 Å². The van der Waals surface area contributed by atoms with E-state index in [0.29, 0.717) is 24.5 Å². The zero-order valence-corrected chi connectivity index (χ0v) is 23.0. The van der Waals surface area contributed by atoms with Gasteiger partial charge in [-0.1, -0.05) is 11.6 Å². The highest BCUT2D eigenvalue weighted by Gasteiger charge is 2.51. The maximum absolute atomic E-state index is 13.4. The van der Waals surface area contributed by atoms with Crippen molar-refractivity contribution in [2.24, 2.45) is 0 Å². The van der Waals surface area contributed by atoms with Crippen LogP contribution in [0.1, 0.15) is 25.0 Å². The number of hydrogen-bond acceptors (Lipinski definition) is 10. The van der Waals surface area contributed by atoms with Crippen LogP contribution in [-0.4, -0.2) is 94.0 Å². The molecule has 2 fully saturated rings. The van der Waals surface area contributed by atoms with E-state index in [2.05, 4.69) is 20.6 Å². The van der Waals surface area contributed by atoms with Crippen molar-refractivity contribution in [2.45, 2.75) is 48.8 Å². The molecule has 14 nitrogen and oxygen atoms in total. The van der Waals surface area contributed by atoms with E-state index in [1.54, 1.807) is 23.0 Å². The zero-order chi connectivity index (χ0) is 28.4. The number of benzene rings is 1. The van der Waals surface area contributed by atoms with Crippen LogP contribution in [0, 0.1) is 0 Å². The summed E-state index contributed by atoms with van der Waals surface area (Å²) in [6.07, 6.45) is 1.87. The number of amides is 2. The first-order chi connectivity index (χ1) is 19.1. The lowest BCUT2D eigenvalue weighted by Crippen LogP contribution is -2.50. The van der Waals surface area contributed by atoms with Gasteiger partial charge in [-0.05, 0) is 37.1 Å². The molecule has 0 spiro atoms. The van der Waals surface area contributed by atoms with Crippen molar-refractivity contribution in [3.8, 4) is 5.69 Å². The van der Waals surface area contributed by atoms with E-state index < -0.39 is 46.1 Å². The molecule has 2 N–H and O–H groups in total. The monoisotopic (exact) mass is 589 g/mol. The summed E-state index contributed by atoms with van der Waals surface area (Å²) in [6, 6.07) is 5.18. The number of nitrogens with one attached hydrogen (secondary N) is 1. The molecule has 16 heteroatoms. The van der Waals surface area contributed by atoms with Crippen LogP contribution >= 0.6 is 11.3 Å². The number of piperidine rings is 1. The summed E-state index contributed by atoms with van der Waals surface area (Å²) in [5, 5.41) is 21.5. The molecule has 2 saturated heterocycles. The first kappa shape index (κ1) is 27.8. The van der Waals surface area contributed by atoms with Crippen molar-refractivity contribution in [2.75, 3.05) is 25.0 Å². The molecule has 40 heavy (non-hydrogen) atoms. The molecule has 4 heterocycles. The van der Waals surface area contributed by atoms with Crippen LogP contribution < -0.4 is 10.2 Å². The van der Waals surface area contributed by atoms with Gasteiger partial charge in [0.25, 0.3) is 11.8 Å². The molecule has 1 aromatic carbocycles. The number of likely N-dealkylation sites (N-methyl/N-ethyl adjacent to an activating group) is 1. The molecule has 3 atom stereocenters. The number of sulfonamides is 1. The van der Waals surface area contributed by atoms with Crippen molar-refractivity contribution in [3.05, 3.63) is 47.0 Å². The number of carboxylic acids is 1. The number of aliphatic carboxylic acids is 1. The molecule has 2 aliphatic heterocycles. The van der Waals surface area contributed by atoms with Crippen LogP contribution in [0.15, 0.2) is 46.2 Å². The second-order valence-electron chi connectivity index (χ2n) is 9.44. The van der Waals surface area contributed by atoms with E-state index in [-0.39, 0.29) is 17.1 Å². The Hall–Kier alpha value is -3.73. The Morgan fingerprint density at radius 2 is 1.90 bits per heavy atom. The number of epoxide rings is 1. The van der Waals surface area contributed by atoms with Gasteiger partial charge in [0.2, 0.25) is 10.0 Å². The van der Waals surface area contributed by atoms with Gasteiger partial charge in [-0.2, -0.15) is 4.31 Å². The first-order valence-corrected chi connectivity index (χ1v) is 14.9. The van der Waals surface area contributed by atoms with Crippen molar-refractivity contribution < 1.29 is 32.6 Å². The van der Waals surface area contributed by atoms with Crippen molar-refractivity contribution in [1.29, 1.82) is 0 Å². The molecule has 0 saturated carbocycles. The van der Waals surface area contributed by atoms with Gasteiger partial charge in [-0.25, -0.2) is 22.9 Å². The number of carbonyl (C=O) groups is 3. The number of nitrogens with zero attached hydrogens (tertiary/aromatic N) is 6. The molecule has 0 unspecified atom stereocenters. The summed E-state index contributed by atoms with van der Waals surface area (Å²) in [5.41, 5.74) is 2.71. The summed E-state index contributed by atoms with van der Waals surface area (Å²) in [5.74, 6) is -2.31. The third kappa shape index (κ3) is 5.89. The van der Waals surface area contributed by atoms with Crippen LogP contribution in [0.2, 0.25) is 0 Å². The lowest BCUT2D eigenvalue weighted by molar-refractivity contribution is -0.138. The predicted molar refractivity (Wildman–Crippen MR) is 141 cm³/mol. The van der Waals surface area contributed by atoms with Gasteiger partial charge in [0.05, 0.1) is 28.0 Å². The molecule has 0 bridgehead atoms. The predicted octanol–water partition coefficient (Wildman–Crippen LogP) is 0.441. The average molecular weight is 590 g/mol. The molecular weight excluding hydrogens is 562 g/mol. The summed E-state index contributed by atoms with van der Waals surface area (Å²) in [7, 11) is -2.11. The second kappa shape index (κ2) is 11.4. The minimum Gasteiger partial charge on any atom is -0.479 e. The summed E-state index contributed by atoms with van der Waals surface area (Å²) in [4.78, 5) is 42.6. The van der Waals surface area contributed by atoms with Gasteiger partial charge in [0.1, 0.15) is 6.04 Å². The zero-order valence-electron chi connectivity index (χ0n) is 21.4. The number of ether oxygens (including phenoxy) is 1. The van der Waals surface area contributed by atoms with Gasteiger partial charge >= 0.3 is 5.97 Å². The van der Waals surface area contributed by atoms with Crippen molar-refractivity contribution in [3.63, 3.8) is 0 Å². The Morgan fingerprint density at radius 1 is 1.18 bits per heavy atom. The Morgan fingerprint density at radius 3 is 2.52 bits per heavy atom. The van der Waals surface area contributed by atoms with Gasteiger partial charge < -0.3 is 15.2 Å². The summed E-state index contributed by atoms with van der Waals surface area (Å²) in [6.45, 7) is 1.02. The Labute approximate surface area is 233 Å². The smallest absolute Gasteiger partial charge is 0.336 e. The fraction of sp³-hybridized carbons (Fsp3) is 0.417. The Bertz CT molecular complexity index is 1490. The van der Waals surface area contributed by atoms with E-state index in [9.17, 15) is 22.8 Å². The summed E-state index contributed by atoms with van der Waals surface area (Å²) < 4.78 is 33.7. The molecule has 3 aromatic rings. The molecule has 2 amide bonds. The summed E-state index contributed by atoms with van der Waals surface area (Å²) >= 11 is 1.33. The molecule has 2 aliphatic rings. The minimum absolute atomic E-state index is 0.0734. The first-order valence-electron chi connectivity index (χ1n) is 12.5. The molecule has 0 aliphatic carbocycles. The fourth-order valence-electron chi connectivity index (χ4n) is 4.41. The third-order valence-electron chi connectivity index (χ3n) is 6.71. The quantitative estimate of drug-likeness (QED) is 0.315. The number of rotatable bonds is 10. The normalized spacial score (nSPS) is 20.0. The SMILES string of the molecule is CN(C(=O)[C@H](Cc1cscn1)NC(=O)[C@H]1O[C@@H]1C(=O)O)c1cn(-c2ccc(S(=O)(=O)N3CCCCC3)cc2)nn1. The Kier molecular flexibility index (Phi) is 7.93. The highest BCUT2D eigenvalue weighted by molar-refractivity contribution is 7.89. The van der Waals surface area contributed by atoms with Gasteiger partial charge in [-0.3, -0.25) is 14.5 Å². The van der Waals surface area contributed by atoms with E-state index in [4.69, 9.17) is 9.84 Å². The van der Waals surface area contributed by atoms with Crippen molar-refractivity contribution in [1.82, 2.24) is 29.6 Å². The number of anilines is 1. The highest BCUT2D eigenvalue weighted by Crippen LogP contribution is 2.24. The van der Waals surface area contributed by atoms with Crippen LogP contribution in [-0.2, 0) is 35.6 Å². The van der Waals surface area contributed by atoms with Crippen LogP contribution in [0.3, 0.4) is 0 Å². The van der Waals surface area contributed by atoms with E-state index in [1.165, 1.54) is 50.6 Å². The second-order valence-corrected chi connectivity index (χ2v) is 12.1. The fourth-order valence-corrected chi connectivity index (χ4v) is 6.50. The van der Waals surface area contributed by atoms with Crippen LogP contribution in [0.25, 0.3) is 5.69 Å². The molecule has 5 rings (SSSR count). The number of thiazole rings is 1. The number of carboxylic acid groups (broad SMARTS) is 1. The third-order valence-corrected chi connectivity index (χ3v) is 9.26. The average Bonchev–Trinajstić information content (AvgIpc) is 3.34. The van der Waals surface area contributed by atoms with E-state index in [1.807, 2.05) is 0 Å². The number of carbonyl (C=O) groups excluding carboxylic acids is 2. The van der Waals surface area contributed by atoms with E-state index in [0.717, 1.165) is 19.3 Å². The maximum atomic E-state index is 13.4. The molecule has 0 radical (unpaired) electrons. The standard InChI is InChI=1S/C24H27N7O7S2/c1-29(23(33)18(11-15-13-39-14-25-15)26-22(32)20-21(38-20)24(34)35)19-12-31(28-27-19)16-5-7-17(8-6-16)40(36,37)30-9-3-2-4-10-30/h5-8,12-14,18,20-21H,2-4,9-11H2,1H3,(H,26,32)(H,34,35)/t18-,20-,21-/m0/s1. The molecule has 212 valence electrons. The van der Waals surface area contributed by atoms with Gasteiger partial charge in [0.15, 0.2) is 18.0 Å².